The molecule has 0 bridgehead atoms. The highest BCUT2D eigenvalue weighted by Crippen LogP contribution is 2.34. The lowest BCUT2D eigenvalue weighted by Gasteiger charge is -2.36. The molecule has 3 N–H and O–H groups in total. The van der Waals surface area contributed by atoms with E-state index < -0.39 is 23.6 Å². The van der Waals surface area contributed by atoms with Crippen LogP contribution in [-0.2, 0) is 10.9 Å². The number of carbonyl (C=O) groups excluding carboxylic acids is 2. The van der Waals surface area contributed by atoms with E-state index in [4.69, 9.17) is 4.74 Å². The van der Waals surface area contributed by atoms with Crippen LogP contribution in [-0.4, -0.2) is 90.7 Å². The van der Waals surface area contributed by atoms with Crippen molar-refractivity contribution < 1.29 is 27.5 Å². The Morgan fingerprint density at radius 1 is 0.900 bits per heavy atom. The number of piperazine rings is 1. The Labute approximate surface area is 291 Å². The molecule has 0 radical (unpaired) electrons. The largest absolute Gasteiger partial charge is 0.416 e. The average Bonchev–Trinajstić information content (AvgIpc) is 3.58. The molecule has 0 atom stereocenters. The van der Waals surface area contributed by atoms with E-state index >= 15 is 0 Å². The Balaban J connectivity index is 1.14. The molecule has 2 saturated heterocycles. The second-order valence-electron chi connectivity index (χ2n) is 12.0. The lowest BCUT2D eigenvalue weighted by Crippen LogP contribution is -2.46. The summed E-state index contributed by atoms with van der Waals surface area (Å²) >= 11 is 1.14. The number of rotatable bonds is 9. The number of thiazole rings is 1. The number of hydrogen-bond acceptors (Lipinski definition) is 11. The molecule has 2 aromatic heterocycles. The Hall–Kier alpha value is -4.80. The van der Waals surface area contributed by atoms with Gasteiger partial charge in [-0.25, -0.2) is 15.0 Å². The lowest BCUT2D eigenvalue weighted by atomic mass is 10.1. The molecule has 6 rings (SSSR count). The van der Waals surface area contributed by atoms with Gasteiger partial charge < -0.3 is 35.4 Å². The minimum atomic E-state index is -4.62. The molecule has 12 nitrogen and oxygen atoms in total. The van der Waals surface area contributed by atoms with Crippen LogP contribution in [0.1, 0.15) is 43.9 Å². The number of morpholine rings is 1. The molecule has 2 fully saturated rings. The first-order chi connectivity index (χ1) is 24.0. The first kappa shape index (κ1) is 35.0. The zero-order valence-corrected chi connectivity index (χ0v) is 28.7. The number of aryl methyl sites for hydroxylation is 1. The van der Waals surface area contributed by atoms with Crippen molar-refractivity contribution in [3.63, 3.8) is 0 Å². The summed E-state index contributed by atoms with van der Waals surface area (Å²) in [6, 6.07) is 10.2. The van der Waals surface area contributed by atoms with E-state index in [0.29, 0.717) is 70.6 Å². The van der Waals surface area contributed by atoms with Gasteiger partial charge in [-0.15, -0.1) is 0 Å². The zero-order chi connectivity index (χ0) is 35.4. The average molecular weight is 710 g/mol. The third-order valence-corrected chi connectivity index (χ3v) is 9.56. The number of nitrogens with one attached hydrogen (secondary N) is 3. The second kappa shape index (κ2) is 15.0. The van der Waals surface area contributed by atoms with Gasteiger partial charge in [0.1, 0.15) is 22.3 Å². The van der Waals surface area contributed by atoms with E-state index in [1.165, 1.54) is 12.3 Å². The maximum absolute atomic E-state index is 13.9. The monoisotopic (exact) mass is 709 g/mol. The van der Waals surface area contributed by atoms with Crippen LogP contribution in [0.5, 0.6) is 0 Å². The quantitative estimate of drug-likeness (QED) is 0.196. The summed E-state index contributed by atoms with van der Waals surface area (Å²) in [4.78, 5) is 46.5. The van der Waals surface area contributed by atoms with Gasteiger partial charge in [-0.2, -0.15) is 13.2 Å². The van der Waals surface area contributed by atoms with Gasteiger partial charge in [-0.1, -0.05) is 24.3 Å². The molecule has 264 valence electrons. The fourth-order valence-corrected chi connectivity index (χ4v) is 6.53. The number of hydrogen-bond donors (Lipinski definition) is 3. The van der Waals surface area contributed by atoms with Gasteiger partial charge in [-0.3, -0.25) is 9.59 Å². The van der Waals surface area contributed by atoms with Crippen LogP contribution in [0.15, 0.2) is 48.7 Å². The van der Waals surface area contributed by atoms with Crippen molar-refractivity contribution in [3.8, 4) is 0 Å². The van der Waals surface area contributed by atoms with Crippen molar-refractivity contribution >= 4 is 57.0 Å². The summed E-state index contributed by atoms with van der Waals surface area (Å²) in [6.07, 6.45) is -3.17. The zero-order valence-electron chi connectivity index (χ0n) is 27.9. The number of benzene rings is 2. The Morgan fingerprint density at radius 2 is 1.60 bits per heavy atom. The number of ether oxygens (including phenoxy) is 1. The molecule has 2 aliphatic rings. The van der Waals surface area contributed by atoms with Crippen molar-refractivity contribution in [1.29, 1.82) is 0 Å². The topological polar surface area (TPSA) is 128 Å². The fourth-order valence-electron chi connectivity index (χ4n) is 5.81. The predicted molar refractivity (Wildman–Crippen MR) is 188 cm³/mol. The molecule has 4 aromatic rings. The molecular formula is C34H38F3N9O3S. The molecule has 2 aromatic carbocycles. The lowest BCUT2D eigenvalue weighted by molar-refractivity contribution is -0.137. The molecule has 0 aliphatic carbocycles. The van der Waals surface area contributed by atoms with Crippen LogP contribution in [0, 0.1) is 13.8 Å². The summed E-state index contributed by atoms with van der Waals surface area (Å²) in [5.74, 6) is 0.810. The minimum absolute atomic E-state index is 0.109. The number of nitrogens with zero attached hydrogens (tertiary/aromatic N) is 6. The van der Waals surface area contributed by atoms with Gasteiger partial charge in [0, 0.05) is 68.0 Å². The van der Waals surface area contributed by atoms with Gasteiger partial charge in [0.05, 0.1) is 25.0 Å². The van der Waals surface area contributed by atoms with Crippen molar-refractivity contribution in [2.75, 3.05) is 84.8 Å². The number of anilines is 6. The Morgan fingerprint density at radius 3 is 2.28 bits per heavy atom. The molecule has 0 spiro atoms. The van der Waals surface area contributed by atoms with E-state index in [0.717, 1.165) is 62.0 Å². The van der Waals surface area contributed by atoms with Crippen molar-refractivity contribution in [2.45, 2.75) is 26.9 Å². The summed E-state index contributed by atoms with van der Waals surface area (Å²) in [5.41, 5.74) is 0.668. The third kappa shape index (κ3) is 8.31. The molecule has 0 saturated carbocycles. The van der Waals surface area contributed by atoms with Crippen LogP contribution in [0.25, 0.3) is 0 Å². The second-order valence-corrected chi connectivity index (χ2v) is 13.0. The van der Waals surface area contributed by atoms with Gasteiger partial charge in [0.25, 0.3) is 11.8 Å². The smallest absolute Gasteiger partial charge is 0.378 e. The molecule has 4 heterocycles. The van der Waals surface area contributed by atoms with Gasteiger partial charge in [-0.05, 0) is 56.3 Å². The Kier molecular flexibility index (Phi) is 10.5. The van der Waals surface area contributed by atoms with Gasteiger partial charge >= 0.3 is 6.18 Å². The van der Waals surface area contributed by atoms with Crippen LogP contribution in [0.3, 0.4) is 0 Å². The molecule has 2 aliphatic heterocycles. The SMILES string of the molecule is CCN1CCN(c2cc(C(=O)Nc3cccc(NC(=O)c4cnc(Nc5cc(N6CCOCC6)nc(C)n5)s4)c3C)cc(C(F)(F)F)c2)CC1. The highest BCUT2D eigenvalue weighted by Gasteiger charge is 2.33. The van der Waals surface area contributed by atoms with Gasteiger partial charge in [0.2, 0.25) is 0 Å². The number of amides is 2. The number of carbonyl (C=O) groups is 2. The minimum Gasteiger partial charge on any atom is -0.378 e. The van der Waals surface area contributed by atoms with Crippen LogP contribution in [0.4, 0.5) is 47.0 Å². The first-order valence-electron chi connectivity index (χ1n) is 16.3. The van der Waals surface area contributed by atoms with Crippen LogP contribution in [0.2, 0.25) is 0 Å². The molecule has 0 unspecified atom stereocenters. The number of likely N-dealkylation sites (N-methyl/N-ethyl adjacent to an activating group) is 1. The maximum Gasteiger partial charge on any atom is 0.416 e. The normalized spacial score (nSPS) is 15.6. The fraction of sp³-hybridized carbons (Fsp3) is 0.382. The third-order valence-electron chi connectivity index (χ3n) is 8.65. The molecule has 16 heteroatoms. The van der Waals surface area contributed by atoms with Crippen molar-refractivity contribution in [1.82, 2.24) is 19.9 Å². The van der Waals surface area contributed by atoms with E-state index in [1.54, 1.807) is 32.0 Å². The maximum atomic E-state index is 13.9. The van der Waals surface area contributed by atoms with E-state index in [2.05, 4.69) is 40.7 Å². The van der Waals surface area contributed by atoms with Crippen LogP contribution < -0.4 is 25.8 Å². The van der Waals surface area contributed by atoms with E-state index in [1.807, 2.05) is 17.9 Å². The van der Waals surface area contributed by atoms with Crippen molar-refractivity contribution in [3.05, 3.63) is 76.1 Å². The summed E-state index contributed by atoms with van der Waals surface area (Å²) in [7, 11) is 0. The first-order valence-corrected chi connectivity index (χ1v) is 17.1. The van der Waals surface area contributed by atoms with E-state index in [9.17, 15) is 22.8 Å². The van der Waals surface area contributed by atoms with Gasteiger partial charge in [0.15, 0.2) is 5.13 Å². The standard InChI is InChI=1S/C34H38F3N9O3S/c1-4-44-8-10-45(11-9-44)25-17-23(16-24(18-25)34(35,36)37)31(47)41-26-6-5-7-27(21(26)2)42-32(48)28-20-38-33(50-28)43-29-19-30(40-22(3)39-29)46-12-14-49-15-13-46/h5-7,16-20H,4,8-15H2,1-3H3,(H,41,47)(H,42,48)(H,38,39,40,43). The predicted octanol–water partition coefficient (Wildman–Crippen LogP) is 5.80. The van der Waals surface area contributed by atoms with Crippen molar-refractivity contribution in [2.24, 2.45) is 0 Å². The Bertz CT molecular complexity index is 1860. The molecule has 2 amide bonds. The van der Waals surface area contributed by atoms with E-state index in [-0.39, 0.29) is 5.56 Å². The highest BCUT2D eigenvalue weighted by atomic mass is 32.1. The summed E-state index contributed by atoms with van der Waals surface area (Å²) in [5, 5.41) is 9.22. The number of aromatic nitrogens is 3. The molecular weight excluding hydrogens is 671 g/mol. The summed E-state index contributed by atoms with van der Waals surface area (Å²) < 4.78 is 47.1. The number of halogens is 3. The number of alkyl halides is 3. The van der Waals surface area contributed by atoms with Crippen LogP contribution >= 0.6 is 11.3 Å². The summed E-state index contributed by atoms with van der Waals surface area (Å²) in [6.45, 7) is 11.7. The molecule has 50 heavy (non-hydrogen) atoms. The highest BCUT2D eigenvalue weighted by molar-refractivity contribution is 7.17.